The van der Waals surface area contributed by atoms with Crippen LogP contribution in [0.25, 0.3) is 0 Å². The van der Waals surface area contributed by atoms with Gasteiger partial charge in [-0.05, 0) is 48.9 Å². The fourth-order valence-electron chi connectivity index (χ4n) is 3.17. The summed E-state index contributed by atoms with van der Waals surface area (Å²) in [5.74, 6) is 0.454. The summed E-state index contributed by atoms with van der Waals surface area (Å²) in [6, 6.07) is 15.4. The van der Waals surface area contributed by atoms with Crippen LogP contribution in [0.4, 0.5) is 15.9 Å². The molecule has 168 valence electrons. The van der Waals surface area contributed by atoms with Crippen molar-refractivity contribution in [3.63, 3.8) is 0 Å². The summed E-state index contributed by atoms with van der Waals surface area (Å²) in [4.78, 5) is 22.9. The quantitative estimate of drug-likeness (QED) is 0.307. The SMILES string of the molecule is Cc1cc(OCc2ccc(C(=O)Nc3ccn(Cc4cccc(F)c4)n3)o2)ccc1[N+](=O)[O-]. The third-order valence-electron chi connectivity index (χ3n) is 4.75. The highest BCUT2D eigenvalue weighted by atomic mass is 19.1. The minimum Gasteiger partial charge on any atom is -0.486 e. The van der Waals surface area contributed by atoms with Crippen molar-refractivity contribution in [3.8, 4) is 5.75 Å². The number of aromatic nitrogens is 2. The molecule has 0 aliphatic rings. The van der Waals surface area contributed by atoms with Crippen LogP contribution < -0.4 is 10.1 Å². The molecule has 0 bridgehead atoms. The van der Waals surface area contributed by atoms with Gasteiger partial charge in [0.2, 0.25) is 0 Å². The minimum absolute atomic E-state index is 0.0117. The van der Waals surface area contributed by atoms with Crippen LogP contribution in [-0.4, -0.2) is 20.6 Å². The number of rotatable bonds is 8. The molecule has 0 fully saturated rings. The molecule has 1 N–H and O–H groups in total. The molecule has 0 spiro atoms. The largest absolute Gasteiger partial charge is 0.486 e. The monoisotopic (exact) mass is 450 g/mol. The van der Waals surface area contributed by atoms with Crippen molar-refractivity contribution in [3.05, 3.63) is 105 Å². The Morgan fingerprint density at radius 3 is 2.82 bits per heavy atom. The zero-order valence-corrected chi connectivity index (χ0v) is 17.5. The fraction of sp³-hybridized carbons (Fsp3) is 0.130. The van der Waals surface area contributed by atoms with Gasteiger partial charge >= 0.3 is 0 Å². The van der Waals surface area contributed by atoms with E-state index in [1.54, 1.807) is 48.1 Å². The van der Waals surface area contributed by atoms with Crippen molar-refractivity contribution in [1.82, 2.24) is 9.78 Å². The van der Waals surface area contributed by atoms with Gasteiger partial charge in [-0.2, -0.15) is 5.10 Å². The number of hydrogen-bond acceptors (Lipinski definition) is 6. The Kier molecular flexibility index (Phi) is 6.16. The second-order valence-corrected chi connectivity index (χ2v) is 7.24. The average molecular weight is 450 g/mol. The average Bonchev–Trinajstić information content (AvgIpc) is 3.42. The molecular weight excluding hydrogens is 431 g/mol. The molecule has 2 aromatic heterocycles. The first-order chi connectivity index (χ1) is 15.9. The standard InChI is InChI=1S/C23H19FN4O5/c1-15-11-18(5-7-20(15)28(30)31)32-14-19-6-8-21(33-19)23(29)25-22-9-10-27(26-22)13-16-3-2-4-17(24)12-16/h2-12H,13-14H2,1H3,(H,25,26,29). The van der Waals surface area contributed by atoms with Crippen molar-refractivity contribution >= 4 is 17.4 Å². The summed E-state index contributed by atoms with van der Waals surface area (Å²) in [5, 5.41) is 17.8. The van der Waals surface area contributed by atoms with E-state index in [9.17, 15) is 19.3 Å². The van der Waals surface area contributed by atoms with Gasteiger partial charge in [0.25, 0.3) is 11.6 Å². The molecule has 2 heterocycles. The lowest BCUT2D eigenvalue weighted by Gasteiger charge is -2.05. The second kappa shape index (κ2) is 9.35. The van der Waals surface area contributed by atoms with Gasteiger partial charge in [0.15, 0.2) is 11.6 Å². The number of furan rings is 1. The van der Waals surface area contributed by atoms with Crippen LogP contribution in [0.5, 0.6) is 5.75 Å². The zero-order valence-electron chi connectivity index (χ0n) is 17.5. The van der Waals surface area contributed by atoms with E-state index in [4.69, 9.17) is 9.15 Å². The fourth-order valence-corrected chi connectivity index (χ4v) is 3.17. The zero-order chi connectivity index (χ0) is 23.4. The van der Waals surface area contributed by atoms with E-state index >= 15 is 0 Å². The molecule has 0 aliphatic heterocycles. The third kappa shape index (κ3) is 5.42. The van der Waals surface area contributed by atoms with E-state index in [-0.39, 0.29) is 23.9 Å². The van der Waals surface area contributed by atoms with Crippen molar-refractivity contribution in [1.29, 1.82) is 0 Å². The Morgan fingerprint density at radius 2 is 2.06 bits per heavy atom. The lowest BCUT2D eigenvalue weighted by Crippen LogP contribution is -2.12. The highest BCUT2D eigenvalue weighted by molar-refractivity contribution is 6.01. The van der Waals surface area contributed by atoms with E-state index in [2.05, 4.69) is 10.4 Å². The molecular formula is C23H19FN4O5. The summed E-state index contributed by atoms with van der Waals surface area (Å²) >= 11 is 0. The minimum atomic E-state index is -0.483. The maximum atomic E-state index is 13.3. The molecule has 0 saturated carbocycles. The lowest BCUT2D eigenvalue weighted by atomic mass is 10.2. The molecule has 0 saturated heterocycles. The van der Waals surface area contributed by atoms with Crippen molar-refractivity contribution in [2.75, 3.05) is 5.32 Å². The number of hydrogen-bond donors (Lipinski definition) is 1. The molecule has 10 heteroatoms. The van der Waals surface area contributed by atoms with Gasteiger partial charge in [-0.3, -0.25) is 19.6 Å². The van der Waals surface area contributed by atoms with Gasteiger partial charge in [-0.25, -0.2) is 4.39 Å². The smallest absolute Gasteiger partial charge is 0.292 e. The van der Waals surface area contributed by atoms with E-state index in [0.29, 0.717) is 29.4 Å². The summed E-state index contributed by atoms with van der Waals surface area (Å²) < 4.78 is 26.0. The Labute approximate surface area is 187 Å². The predicted molar refractivity (Wildman–Crippen MR) is 117 cm³/mol. The van der Waals surface area contributed by atoms with Crippen LogP contribution >= 0.6 is 0 Å². The number of nitrogens with zero attached hydrogens (tertiary/aromatic N) is 3. The number of ether oxygens (including phenoxy) is 1. The number of nitro benzene ring substituents is 1. The first kappa shape index (κ1) is 21.8. The van der Waals surface area contributed by atoms with Gasteiger partial charge in [-0.15, -0.1) is 0 Å². The van der Waals surface area contributed by atoms with Crippen LogP contribution in [-0.2, 0) is 13.2 Å². The molecule has 33 heavy (non-hydrogen) atoms. The van der Waals surface area contributed by atoms with Crippen molar-refractivity contribution in [2.45, 2.75) is 20.1 Å². The first-order valence-electron chi connectivity index (χ1n) is 9.93. The van der Waals surface area contributed by atoms with E-state index in [1.807, 2.05) is 0 Å². The molecule has 4 aromatic rings. The van der Waals surface area contributed by atoms with Gasteiger partial charge in [0.1, 0.15) is 23.9 Å². The highest BCUT2D eigenvalue weighted by Crippen LogP contribution is 2.24. The lowest BCUT2D eigenvalue weighted by molar-refractivity contribution is -0.385. The van der Waals surface area contributed by atoms with Gasteiger partial charge in [0, 0.05) is 23.9 Å². The molecule has 9 nitrogen and oxygen atoms in total. The number of carbonyl (C=O) groups is 1. The van der Waals surface area contributed by atoms with Gasteiger partial charge in [0.05, 0.1) is 11.5 Å². The van der Waals surface area contributed by atoms with Crippen LogP contribution in [0.2, 0.25) is 0 Å². The van der Waals surface area contributed by atoms with E-state index < -0.39 is 10.8 Å². The maximum absolute atomic E-state index is 13.3. The number of aryl methyl sites for hydroxylation is 1. The molecule has 2 aromatic carbocycles. The van der Waals surface area contributed by atoms with Gasteiger partial charge in [-0.1, -0.05) is 12.1 Å². The van der Waals surface area contributed by atoms with Crippen LogP contribution in [0.15, 0.2) is 71.3 Å². The maximum Gasteiger partial charge on any atom is 0.292 e. The van der Waals surface area contributed by atoms with Crippen LogP contribution in [0, 0.1) is 22.9 Å². The summed E-state index contributed by atoms with van der Waals surface area (Å²) in [6.07, 6.45) is 1.67. The molecule has 0 radical (unpaired) electrons. The van der Waals surface area contributed by atoms with Crippen molar-refractivity contribution in [2.24, 2.45) is 0 Å². The molecule has 0 atom stereocenters. The highest BCUT2D eigenvalue weighted by Gasteiger charge is 2.14. The number of nitro groups is 1. The second-order valence-electron chi connectivity index (χ2n) is 7.24. The number of anilines is 1. The van der Waals surface area contributed by atoms with Crippen LogP contribution in [0.1, 0.15) is 27.4 Å². The summed E-state index contributed by atoms with van der Waals surface area (Å²) in [6.45, 7) is 2.03. The number of nitrogens with one attached hydrogen (secondary N) is 1. The van der Waals surface area contributed by atoms with Crippen molar-refractivity contribution < 1.29 is 23.3 Å². The number of amides is 1. The van der Waals surface area contributed by atoms with Crippen LogP contribution in [0.3, 0.4) is 0 Å². The van der Waals surface area contributed by atoms with E-state index in [0.717, 1.165) is 5.56 Å². The molecule has 0 unspecified atom stereocenters. The Hall–Kier alpha value is -4.47. The number of benzene rings is 2. The Bertz CT molecular complexity index is 1310. The third-order valence-corrected chi connectivity index (χ3v) is 4.75. The first-order valence-corrected chi connectivity index (χ1v) is 9.93. The number of carbonyl (C=O) groups excluding carboxylic acids is 1. The molecule has 1 amide bonds. The number of halogens is 1. The van der Waals surface area contributed by atoms with Gasteiger partial charge < -0.3 is 14.5 Å². The Balaban J connectivity index is 1.33. The predicted octanol–water partition coefficient (Wildman–Crippen LogP) is 4.71. The molecule has 4 rings (SSSR count). The normalized spacial score (nSPS) is 10.7. The summed E-state index contributed by atoms with van der Waals surface area (Å²) in [5.41, 5.74) is 1.24. The summed E-state index contributed by atoms with van der Waals surface area (Å²) in [7, 11) is 0. The topological polar surface area (TPSA) is 112 Å². The Morgan fingerprint density at radius 1 is 1.21 bits per heavy atom. The van der Waals surface area contributed by atoms with E-state index in [1.165, 1.54) is 30.3 Å². The molecule has 0 aliphatic carbocycles.